The van der Waals surface area contributed by atoms with Crippen LogP contribution in [0.3, 0.4) is 0 Å². The number of fused-ring (bicyclic) bond motifs is 1. The zero-order valence-corrected chi connectivity index (χ0v) is 14.4. The molecule has 25 heavy (non-hydrogen) atoms. The molecule has 0 saturated carbocycles. The van der Waals surface area contributed by atoms with Gasteiger partial charge in [0.2, 0.25) is 17.7 Å². The number of anilines is 1. The number of carbonyl (C=O) groups excluding carboxylic acids is 1. The average Bonchev–Trinajstić information content (AvgIpc) is 3.02. The number of hydrogen-bond donors (Lipinski definition) is 0. The van der Waals surface area contributed by atoms with Crippen LogP contribution in [0.15, 0.2) is 47.0 Å². The molecule has 0 radical (unpaired) electrons. The Labute approximate surface area is 145 Å². The number of nitrogens with zero attached hydrogens (tertiary/aromatic N) is 5. The number of hydrogen-bond acceptors (Lipinski definition) is 6. The quantitative estimate of drug-likeness (QED) is 0.665. The Morgan fingerprint density at radius 3 is 2.72 bits per heavy atom. The van der Waals surface area contributed by atoms with E-state index < -0.39 is 0 Å². The van der Waals surface area contributed by atoms with Crippen LogP contribution in [0.1, 0.15) is 11.6 Å². The number of benzene rings is 1. The molecule has 0 spiro atoms. The topological polar surface area (TPSA) is 75.4 Å². The normalized spacial score (nSPS) is 11.2. The molecular weight excluding hydrogens is 318 g/mol. The average molecular weight is 337 g/mol. The minimum absolute atomic E-state index is 0.160. The summed E-state index contributed by atoms with van der Waals surface area (Å²) in [5, 5.41) is 0. The van der Waals surface area contributed by atoms with Crippen molar-refractivity contribution in [3.63, 3.8) is 0 Å². The Morgan fingerprint density at radius 2 is 1.96 bits per heavy atom. The van der Waals surface area contributed by atoms with Crippen LogP contribution in [0.25, 0.3) is 17.2 Å². The van der Waals surface area contributed by atoms with Gasteiger partial charge in [-0.25, -0.2) is 15.0 Å². The van der Waals surface area contributed by atoms with E-state index in [0.29, 0.717) is 24.0 Å². The van der Waals surface area contributed by atoms with Gasteiger partial charge in [-0.3, -0.25) is 4.79 Å². The third kappa shape index (κ3) is 4.00. The van der Waals surface area contributed by atoms with Crippen LogP contribution in [-0.4, -0.2) is 46.9 Å². The van der Waals surface area contributed by atoms with E-state index in [9.17, 15) is 4.79 Å². The summed E-state index contributed by atoms with van der Waals surface area (Å²) < 4.78 is 5.56. The van der Waals surface area contributed by atoms with E-state index in [2.05, 4.69) is 15.0 Å². The zero-order valence-electron chi connectivity index (χ0n) is 14.4. The van der Waals surface area contributed by atoms with Crippen molar-refractivity contribution in [1.29, 1.82) is 0 Å². The molecule has 0 unspecified atom stereocenters. The van der Waals surface area contributed by atoms with Crippen molar-refractivity contribution in [3.05, 3.63) is 54.2 Å². The minimum atomic E-state index is -0.160. The Balaban J connectivity index is 1.66. The molecule has 7 nitrogen and oxygen atoms in total. The highest BCUT2D eigenvalue weighted by molar-refractivity contribution is 5.91. The van der Waals surface area contributed by atoms with Gasteiger partial charge in [-0.15, -0.1) is 0 Å². The Morgan fingerprint density at radius 1 is 1.16 bits per heavy atom. The van der Waals surface area contributed by atoms with Gasteiger partial charge in [-0.2, -0.15) is 0 Å². The summed E-state index contributed by atoms with van der Waals surface area (Å²) >= 11 is 0. The molecule has 1 aromatic carbocycles. The number of likely N-dealkylation sites (N-methyl/N-ethyl adjacent to an activating group) is 1. The van der Waals surface area contributed by atoms with Gasteiger partial charge in [-0.05, 0) is 18.2 Å². The van der Waals surface area contributed by atoms with E-state index in [1.54, 1.807) is 30.3 Å². The summed E-state index contributed by atoms with van der Waals surface area (Å²) in [5.74, 6) is 0.854. The maximum Gasteiger partial charge on any atom is 0.246 e. The van der Waals surface area contributed by atoms with Gasteiger partial charge in [0.15, 0.2) is 5.58 Å². The highest BCUT2D eigenvalue weighted by Gasteiger charge is 2.09. The van der Waals surface area contributed by atoms with Crippen molar-refractivity contribution in [3.8, 4) is 0 Å². The number of aromatic nitrogens is 3. The fourth-order valence-corrected chi connectivity index (χ4v) is 2.24. The first-order valence-electron chi connectivity index (χ1n) is 7.81. The number of rotatable bonds is 5. The molecule has 0 atom stereocenters. The van der Waals surface area contributed by atoms with Crippen molar-refractivity contribution in [1.82, 2.24) is 19.9 Å². The van der Waals surface area contributed by atoms with Crippen molar-refractivity contribution in [2.45, 2.75) is 6.54 Å². The second-order valence-corrected chi connectivity index (χ2v) is 5.79. The summed E-state index contributed by atoms with van der Waals surface area (Å²) in [4.78, 5) is 28.5. The van der Waals surface area contributed by atoms with E-state index in [1.165, 1.54) is 6.08 Å². The number of carbonyl (C=O) groups is 1. The second kappa shape index (κ2) is 7.12. The monoisotopic (exact) mass is 337 g/mol. The van der Waals surface area contributed by atoms with E-state index in [0.717, 1.165) is 11.2 Å². The number of oxazole rings is 1. The lowest BCUT2D eigenvalue weighted by Crippen LogP contribution is -2.25. The molecule has 7 heteroatoms. The molecule has 2 aromatic heterocycles. The fourth-order valence-electron chi connectivity index (χ4n) is 2.24. The molecular formula is C18H19N5O2. The third-order valence-corrected chi connectivity index (χ3v) is 3.55. The zero-order chi connectivity index (χ0) is 17.8. The first kappa shape index (κ1) is 16.6. The van der Waals surface area contributed by atoms with E-state index in [-0.39, 0.29) is 5.91 Å². The van der Waals surface area contributed by atoms with Crippen LogP contribution in [0.5, 0.6) is 0 Å². The second-order valence-electron chi connectivity index (χ2n) is 5.79. The Bertz CT molecular complexity index is 883. The van der Waals surface area contributed by atoms with Crippen LogP contribution in [0.2, 0.25) is 0 Å². The van der Waals surface area contributed by atoms with Crippen molar-refractivity contribution < 1.29 is 9.21 Å². The van der Waals surface area contributed by atoms with Crippen LogP contribution >= 0.6 is 0 Å². The fraction of sp³-hybridized carbons (Fsp3) is 0.222. The predicted octanol–water partition coefficient (Wildman–Crippen LogP) is 2.36. The van der Waals surface area contributed by atoms with Gasteiger partial charge >= 0.3 is 0 Å². The Hall–Kier alpha value is -3.22. The number of para-hydroxylation sites is 2. The largest absolute Gasteiger partial charge is 0.437 e. The molecule has 1 amide bonds. The first-order chi connectivity index (χ1) is 12.0. The summed E-state index contributed by atoms with van der Waals surface area (Å²) in [6, 6.07) is 9.26. The highest BCUT2D eigenvalue weighted by Crippen LogP contribution is 2.15. The molecule has 3 rings (SSSR count). The van der Waals surface area contributed by atoms with Crippen molar-refractivity contribution >= 4 is 29.0 Å². The van der Waals surface area contributed by atoms with Crippen molar-refractivity contribution in [2.24, 2.45) is 0 Å². The molecule has 0 bridgehead atoms. The lowest BCUT2D eigenvalue weighted by molar-refractivity contribution is -0.125. The van der Waals surface area contributed by atoms with Gasteiger partial charge < -0.3 is 14.2 Å². The van der Waals surface area contributed by atoms with E-state index in [1.807, 2.05) is 43.3 Å². The standard InChI is InChI=1S/C18H19N5O2/c1-22(2)18-19-11-10-13(20-18)12-23(3)17(24)9-8-16-21-14-6-4-5-7-15(14)25-16/h4-11H,12H2,1-3H3. The van der Waals surface area contributed by atoms with E-state index >= 15 is 0 Å². The molecule has 128 valence electrons. The molecule has 0 aliphatic rings. The molecule has 0 aliphatic carbocycles. The SMILES string of the molecule is CN(Cc1ccnc(N(C)C)n1)C(=O)C=Cc1nc2ccccc2o1. The molecule has 0 fully saturated rings. The van der Waals surface area contributed by atoms with Crippen molar-refractivity contribution in [2.75, 3.05) is 26.0 Å². The van der Waals surface area contributed by atoms with Gasteiger partial charge in [0.05, 0.1) is 12.2 Å². The Kier molecular flexibility index (Phi) is 4.74. The maximum absolute atomic E-state index is 12.3. The van der Waals surface area contributed by atoms with Gasteiger partial charge in [0, 0.05) is 39.5 Å². The highest BCUT2D eigenvalue weighted by atomic mass is 16.3. The molecule has 0 saturated heterocycles. The summed E-state index contributed by atoms with van der Waals surface area (Å²) in [7, 11) is 5.46. The van der Waals surface area contributed by atoms with Crippen LogP contribution < -0.4 is 4.90 Å². The maximum atomic E-state index is 12.3. The lowest BCUT2D eigenvalue weighted by Gasteiger charge is -2.16. The minimum Gasteiger partial charge on any atom is -0.437 e. The predicted molar refractivity (Wildman–Crippen MR) is 95.9 cm³/mol. The van der Waals surface area contributed by atoms with E-state index in [4.69, 9.17) is 4.42 Å². The van der Waals surface area contributed by atoms with Gasteiger partial charge in [0.25, 0.3) is 0 Å². The lowest BCUT2D eigenvalue weighted by atomic mass is 10.3. The summed E-state index contributed by atoms with van der Waals surface area (Å²) in [6.07, 6.45) is 4.70. The molecule has 2 heterocycles. The first-order valence-corrected chi connectivity index (χ1v) is 7.81. The summed E-state index contributed by atoms with van der Waals surface area (Å²) in [6.45, 7) is 0.389. The third-order valence-electron chi connectivity index (χ3n) is 3.55. The van der Waals surface area contributed by atoms with Gasteiger partial charge in [-0.1, -0.05) is 12.1 Å². The van der Waals surface area contributed by atoms with Crippen LogP contribution in [0, 0.1) is 0 Å². The molecule has 0 aliphatic heterocycles. The van der Waals surface area contributed by atoms with Gasteiger partial charge in [0.1, 0.15) is 5.52 Å². The summed E-state index contributed by atoms with van der Waals surface area (Å²) in [5.41, 5.74) is 2.23. The smallest absolute Gasteiger partial charge is 0.246 e. The molecule has 3 aromatic rings. The molecule has 0 N–H and O–H groups in total. The van der Waals surface area contributed by atoms with Crippen LogP contribution in [0.4, 0.5) is 5.95 Å². The number of amides is 1. The van der Waals surface area contributed by atoms with Crippen LogP contribution in [-0.2, 0) is 11.3 Å².